The van der Waals surface area contributed by atoms with Crippen LogP contribution >= 0.6 is 34.8 Å². The lowest BCUT2D eigenvalue weighted by atomic mass is 10.1. The molecule has 0 fully saturated rings. The zero-order valence-corrected chi connectivity index (χ0v) is 16.0. The molecule has 2 aromatic rings. The fourth-order valence-electron chi connectivity index (χ4n) is 2.34. The second kappa shape index (κ2) is 8.26. The van der Waals surface area contributed by atoms with Gasteiger partial charge in [-0.1, -0.05) is 77.3 Å². The molecule has 0 bridgehead atoms. The molecule has 2 aromatic carbocycles. The van der Waals surface area contributed by atoms with Crippen LogP contribution < -0.4 is 10.6 Å². The topological polar surface area (TPSA) is 41.1 Å². The third-order valence-electron chi connectivity index (χ3n) is 3.78. The number of hydrogen-bond donors (Lipinski definition) is 2. The van der Waals surface area contributed by atoms with Crippen molar-refractivity contribution in [3.63, 3.8) is 0 Å². The molecule has 0 heterocycles. The Labute approximate surface area is 161 Å². The highest BCUT2D eigenvalue weighted by atomic mass is 35.6. The van der Waals surface area contributed by atoms with Gasteiger partial charge < -0.3 is 10.6 Å². The minimum Gasteiger partial charge on any atom is -0.332 e. The van der Waals surface area contributed by atoms with Crippen LogP contribution in [-0.2, 0) is 0 Å². The van der Waals surface area contributed by atoms with E-state index in [-0.39, 0.29) is 6.04 Å². The predicted octanol–water partition coefficient (Wildman–Crippen LogP) is 5.61. The van der Waals surface area contributed by atoms with Crippen LogP contribution in [-0.4, -0.2) is 9.82 Å². The highest BCUT2D eigenvalue weighted by Gasteiger charge is 2.35. The minimum absolute atomic E-state index is 0.244. The molecule has 134 valence electrons. The molecule has 0 spiro atoms. The number of alkyl halides is 3. The molecule has 0 saturated heterocycles. The van der Waals surface area contributed by atoms with Gasteiger partial charge in [0.1, 0.15) is 11.9 Å². The normalized spacial score (nSPS) is 13.8. The first-order valence-corrected chi connectivity index (χ1v) is 8.76. The van der Waals surface area contributed by atoms with E-state index in [0.717, 1.165) is 5.56 Å². The van der Waals surface area contributed by atoms with Gasteiger partial charge in [-0.2, -0.15) is 0 Å². The summed E-state index contributed by atoms with van der Waals surface area (Å²) in [5, 5.41) is 5.38. The van der Waals surface area contributed by atoms with E-state index in [9.17, 15) is 9.18 Å². The molecule has 0 aliphatic rings. The van der Waals surface area contributed by atoms with Crippen LogP contribution in [0.5, 0.6) is 0 Å². The molecule has 2 N–H and O–H groups in total. The zero-order valence-electron chi connectivity index (χ0n) is 13.7. The second-order valence-corrected chi connectivity index (χ2v) is 8.10. The number of amides is 2. The van der Waals surface area contributed by atoms with E-state index in [4.69, 9.17) is 34.8 Å². The van der Waals surface area contributed by atoms with Gasteiger partial charge in [0.05, 0.1) is 6.04 Å². The molecular formula is C18H18Cl3FN2O. The van der Waals surface area contributed by atoms with E-state index < -0.39 is 21.7 Å². The maximum Gasteiger partial charge on any atom is 0.315 e. The summed E-state index contributed by atoms with van der Waals surface area (Å²) < 4.78 is 12.0. The van der Waals surface area contributed by atoms with Crippen molar-refractivity contribution in [1.82, 2.24) is 10.6 Å². The summed E-state index contributed by atoms with van der Waals surface area (Å²) in [7, 11) is 0. The van der Waals surface area contributed by atoms with Crippen LogP contribution in [0.3, 0.4) is 0 Å². The highest BCUT2D eigenvalue weighted by molar-refractivity contribution is 6.68. The van der Waals surface area contributed by atoms with Crippen LogP contribution in [0, 0.1) is 12.7 Å². The molecule has 0 aliphatic heterocycles. The van der Waals surface area contributed by atoms with Crippen molar-refractivity contribution in [2.45, 2.75) is 29.7 Å². The van der Waals surface area contributed by atoms with Gasteiger partial charge in [-0.3, -0.25) is 0 Å². The van der Waals surface area contributed by atoms with Gasteiger partial charge >= 0.3 is 6.03 Å². The Hall–Kier alpha value is -1.49. The maximum absolute atomic E-state index is 13.8. The highest BCUT2D eigenvalue weighted by Crippen LogP contribution is 2.40. The van der Waals surface area contributed by atoms with E-state index in [1.165, 1.54) is 6.07 Å². The summed E-state index contributed by atoms with van der Waals surface area (Å²) in [6.07, 6.45) is 0. The molecule has 25 heavy (non-hydrogen) atoms. The number of carbonyl (C=O) groups excluding carboxylic acids is 1. The van der Waals surface area contributed by atoms with Crippen molar-refractivity contribution in [1.29, 1.82) is 0 Å². The van der Waals surface area contributed by atoms with Gasteiger partial charge in [-0.25, -0.2) is 9.18 Å². The number of carbonyl (C=O) groups is 1. The third-order valence-corrected chi connectivity index (χ3v) is 4.43. The Balaban J connectivity index is 2.14. The van der Waals surface area contributed by atoms with E-state index in [2.05, 4.69) is 10.6 Å². The van der Waals surface area contributed by atoms with Gasteiger partial charge in [-0.15, -0.1) is 0 Å². The lowest BCUT2D eigenvalue weighted by molar-refractivity contribution is 0.234. The molecule has 2 amide bonds. The standard InChI is InChI=1S/C18H18Cl3FN2O/c1-11-8-9-14(10-15(11)22)16(18(19,20)21)24-17(25)23-12(2)13-6-4-3-5-7-13/h3-10,12,16H,1-2H3,(H2,23,24,25)/t12-,16+/m1/s1. The Kier molecular flexibility index (Phi) is 6.55. The first-order valence-electron chi connectivity index (χ1n) is 7.63. The van der Waals surface area contributed by atoms with Gasteiger partial charge in [0.15, 0.2) is 0 Å². The van der Waals surface area contributed by atoms with Gasteiger partial charge in [-0.05, 0) is 36.6 Å². The van der Waals surface area contributed by atoms with Crippen molar-refractivity contribution in [3.05, 3.63) is 71.0 Å². The number of benzene rings is 2. The lowest BCUT2D eigenvalue weighted by Gasteiger charge is -2.27. The van der Waals surface area contributed by atoms with Gasteiger partial charge in [0.2, 0.25) is 3.79 Å². The average Bonchev–Trinajstić information content (AvgIpc) is 2.55. The Morgan fingerprint density at radius 2 is 1.68 bits per heavy atom. The smallest absolute Gasteiger partial charge is 0.315 e. The van der Waals surface area contributed by atoms with E-state index in [1.54, 1.807) is 19.1 Å². The monoisotopic (exact) mass is 402 g/mol. The van der Waals surface area contributed by atoms with Gasteiger partial charge in [0.25, 0.3) is 0 Å². The summed E-state index contributed by atoms with van der Waals surface area (Å²) in [5.74, 6) is -0.434. The molecule has 7 heteroatoms. The summed E-state index contributed by atoms with van der Waals surface area (Å²) in [6.45, 7) is 3.47. The van der Waals surface area contributed by atoms with Crippen LogP contribution in [0.25, 0.3) is 0 Å². The van der Waals surface area contributed by atoms with E-state index >= 15 is 0 Å². The van der Waals surface area contributed by atoms with Crippen LogP contribution in [0.1, 0.15) is 35.7 Å². The van der Waals surface area contributed by atoms with Crippen LogP contribution in [0.2, 0.25) is 0 Å². The number of halogens is 4. The maximum atomic E-state index is 13.8. The SMILES string of the molecule is Cc1ccc([C@H](NC(=O)N[C@H](C)c2ccccc2)C(Cl)(Cl)Cl)cc1F. The van der Waals surface area contributed by atoms with Crippen molar-refractivity contribution in [2.75, 3.05) is 0 Å². The quantitative estimate of drug-likeness (QED) is 0.640. The van der Waals surface area contributed by atoms with Crippen molar-refractivity contribution >= 4 is 40.8 Å². The lowest BCUT2D eigenvalue weighted by Crippen LogP contribution is -2.43. The van der Waals surface area contributed by atoms with E-state index in [1.807, 2.05) is 37.3 Å². The Morgan fingerprint density at radius 3 is 2.24 bits per heavy atom. The van der Waals surface area contributed by atoms with Gasteiger partial charge in [0, 0.05) is 0 Å². The molecule has 2 rings (SSSR count). The minimum atomic E-state index is -1.84. The van der Waals surface area contributed by atoms with Crippen molar-refractivity contribution in [2.24, 2.45) is 0 Å². The predicted molar refractivity (Wildman–Crippen MR) is 101 cm³/mol. The van der Waals surface area contributed by atoms with E-state index in [0.29, 0.717) is 11.1 Å². The molecule has 3 nitrogen and oxygen atoms in total. The Bertz CT molecular complexity index is 735. The zero-order chi connectivity index (χ0) is 18.6. The molecule has 0 aromatic heterocycles. The van der Waals surface area contributed by atoms with Crippen LogP contribution in [0.15, 0.2) is 48.5 Å². The summed E-state index contributed by atoms with van der Waals surface area (Å²) >= 11 is 18.0. The fraction of sp³-hybridized carbons (Fsp3) is 0.278. The summed E-state index contributed by atoms with van der Waals surface area (Å²) in [6, 6.07) is 12.1. The number of hydrogen-bond acceptors (Lipinski definition) is 1. The summed E-state index contributed by atoms with van der Waals surface area (Å²) in [4.78, 5) is 12.3. The fourth-order valence-corrected chi connectivity index (χ4v) is 2.88. The average molecular weight is 404 g/mol. The van der Waals surface area contributed by atoms with Crippen molar-refractivity contribution in [3.8, 4) is 0 Å². The Morgan fingerprint density at radius 1 is 1.04 bits per heavy atom. The number of aryl methyl sites for hydroxylation is 1. The molecular weight excluding hydrogens is 386 g/mol. The third kappa shape index (κ3) is 5.50. The van der Waals surface area contributed by atoms with Crippen LogP contribution in [0.4, 0.5) is 9.18 Å². The summed E-state index contributed by atoms with van der Waals surface area (Å²) in [5.41, 5.74) is 1.77. The first kappa shape index (κ1) is 19.8. The largest absolute Gasteiger partial charge is 0.332 e. The number of rotatable bonds is 4. The van der Waals surface area contributed by atoms with Crippen molar-refractivity contribution < 1.29 is 9.18 Å². The number of urea groups is 1. The molecule has 0 aliphatic carbocycles. The second-order valence-electron chi connectivity index (χ2n) is 5.73. The first-order chi connectivity index (χ1) is 11.7. The molecule has 0 radical (unpaired) electrons. The number of nitrogens with one attached hydrogen (secondary N) is 2. The molecule has 0 saturated carbocycles. The molecule has 2 atom stereocenters. The molecule has 0 unspecified atom stereocenters.